The molecule has 402 valence electrons. The summed E-state index contributed by atoms with van der Waals surface area (Å²) in [6.07, 6.45) is -9.37. The summed E-state index contributed by atoms with van der Waals surface area (Å²) >= 11 is 1.40. The third-order valence-corrected chi connectivity index (χ3v) is 13.3. The summed E-state index contributed by atoms with van der Waals surface area (Å²) in [4.78, 5) is 99.7. The zero-order valence-electron chi connectivity index (χ0n) is 40.0. The van der Waals surface area contributed by atoms with Crippen LogP contribution in [0.2, 0.25) is 0 Å². The molecule has 4 unspecified atom stereocenters. The number of phosphoric acid groups is 2. The lowest BCUT2D eigenvalue weighted by atomic mass is 10.1. The van der Waals surface area contributed by atoms with E-state index in [9.17, 15) is 53.2 Å². The van der Waals surface area contributed by atoms with Crippen molar-refractivity contribution in [3.8, 4) is 0 Å². The third-order valence-electron chi connectivity index (χ3n) is 10.8. The molecule has 2 amide bonds. The van der Waals surface area contributed by atoms with Gasteiger partial charge in [0.1, 0.15) is 66.0 Å². The first kappa shape index (κ1) is 56.9. The van der Waals surface area contributed by atoms with Gasteiger partial charge in [-0.1, -0.05) is 0 Å². The molecule has 72 heavy (non-hydrogen) atoms. The van der Waals surface area contributed by atoms with Gasteiger partial charge in [0.25, 0.3) is 0 Å². The number of fused-ring (bicyclic) bond motifs is 1. The first-order valence-electron chi connectivity index (χ1n) is 22.4. The number of thioether (sulfide) groups is 1. The summed E-state index contributed by atoms with van der Waals surface area (Å²) in [5.74, 6) is -0.947. The number of nitrogen functional groups attached to an aromatic ring is 2. The van der Waals surface area contributed by atoms with Crippen molar-refractivity contribution in [1.29, 1.82) is 0 Å². The number of aromatic nitrogens is 6. The molecule has 11 atom stereocenters. The number of hydrogen-bond acceptors (Lipinski definition) is 24. The Morgan fingerprint density at radius 3 is 2.39 bits per heavy atom. The van der Waals surface area contributed by atoms with E-state index in [-0.39, 0.29) is 54.5 Å². The molecule has 3 aliphatic heterocycles. The van der Waals surface area contributed by atoms with Gasteiger partial charge in [-0.05, 0) is 66.9 Å². The molecule has 33 heteroatoms. The van der Waals surface area contributed by atoms with E-state index in [1.165, 1.54) is 39.8 Å². The second-order valence-electron chi connectivity index (χ2n) is 18.7. The highest BCUT2D eigenvalue weighted by atomic mass is 32.2. The van der Waals surface area contributed by atoms with Gasteiger partial charge in [0.05, 0.1) is 31.0 Å². The molecular formula is C39H61N11O19P2S. The number of hydrogen-bond donors (Lipinski definition) is 9. The quantitative estimate of drug-likeness (QED) is 0.0292. The van der Waals surface area contributed by atoms with Crippen LogP contribution >= 0.6 is 27.4 Å². The summed E-state index contributed by atoms with van der Waals surface area (Å²) in [6.45, 7) is 8.48. The number of nitrogens with zero attached hydrogens (tertiary/aromatic N) is 7. The number of unbranched alkanes of at least 4 members (excludes halogenated alkanes) is 1. The number of esters is 1. The minimum absolute atomic E-state index is 0.0162. The van der Waals surface area contributed by atoms with E-state index < -0.39 is 125 Å². The second-order valence-corrected chi connectivity index (χ2v) is 22.3. The van der Waals surface area contributed by atoms with Crippen LogP contribution in [0.1, 0.15) is 79.7 Å². The van der Waals surface area contributed by atoms with Gasteiger partial charge in [0, 0.05) is 24.9 Å². The minimum atomic E-state index is -5.28. The van der Waals surface area contributed by atoms with Gasteiger partial charge in [-0.2, -0.15) is 4.98 Å². The van der Waals surface area contributed by atoms with Crippen molar-refractivity contribution in [2.24, 2.45) is 0 Å². The summed E-state index contributed by atoms with van der Waals surface area (Å²) in [5, 5.41) is 28.2. The Labute approximate surface area is 415 Å². The Hall–Kier alpha value is -4.43. The van der Waals surface area contributed by atoms with Gasteiger partial charge in [0.15, 0.2) is 23.8 Å². The average molecular weight is 1080 g/mol. The average Bonchev–Trinajstić information content (AvgIpc) is 4.07. The topological polar surface area (TPSA) is 418 Å². The highest BCUT2D eigenvalue weighted by Crippen LogP contribution is 2.50. The van der Waals surface area contributed by atoms with E-state index in [0.29, 0.717) is 12.2 Å². The number of amides is 2. The molecule has 3 aromatic rings. The van der Waals surface area contributed by atoms with Crippen LogP contribution in [0, 0.1) is 0 Å². The Bertz CT molecular complexity index is 2540. The van der Waals surface area contributed by atoms with Crippen LogP contribution in [0.5, 0.6) is 0 Å². The highest BCUT2D eigenvalue weighted by Gasteiger charge is 2.50. The number of nitrogens with two attached hydrogens (primary N) is 2. The van der Waals surface area contributed by atoms with Crippen molar-refractivity contribution in [3.63, 3.8) is 0 Å². The first-order valence-corrected chi connectivity index (χ1v) is 26.6. The van der Waals surface area contributed by atoms with Crippen molar-refractivity contribution < 1.29 is 85.7 Å². The predicted molar refractivity (Wildman–Crippen MR) is 249 cm³/mol. The Balaban J connectivity index is 1.17. The van der Waals surface area contributed by atoms with E-state index >= 15 is 0 Å². The van der Waals surface area contributed by atoms with Gasteiger partial charge >= 0.3 is 33.4 Å². The molecule has 0 bridgehead atoms. The van der Waals surface area contributed by atoms with Crippen molar-refractivity contribution >= 4 is 68.2 Å². The third kappa shape index (κ3) is 15.6. The van der Waals surface area contributed by atoms with Gasteiger partial charge in [-0.15, -0.1) is 11.8 Å². The number of nitrogens with one attached hydrogen (secondary N) is 2. The Morgan fingerprint density at radius 2 is 1.71 bits per heavy atom. The molecule has 6 rings (SSSR count). The zero-order valence-corrected chi connectivity index (χ0v) is 42.6. The Kier molecular flexibility index (Phi) is 18.5. The Morgan fingerprint density at radius 1 is 0.986 bits per heavy atom. The van der Waals surface area contributed by atoms with E-state index in [1.807, 2.05) is 0 Å². The molecule has 3 fully saturated rings. The molecule has 0 radical (unpaired) electrons. The normalized spacial score (nSPS) is 25.6. The standard InChI is InChI=1S/C39H61N11O19P2S/c1-38(2,3)67-36(55)46-20(9-7-8-11-42-32(52)21-16-72-19-50(21)37(56)68-39(4,5)6)34(53)66-29-24(65-33(28(29)51)49-18-45-27-30(41)43-17-44-31(27)49)15-63-71(60,61)69-22-13-26(48-12-10-25(40)47-35(48)54)64-23(22)14-62-70(57,58)59/h10,12,17-18,20-24,26,28-29,33,36,46,51,55H,7-9,11,13-16,19H2,1-6H3,(H,42,52)(H,60,61)(H2,40,47,54)(H2,41,43,44)(H2,57,58,59)/t20-,21-,22-,23+,24?,26+,28+,29+,33?,36?/m0/s1. The number of anilines is 2. The molecule has 3 aliphatic rings. The first-order chi connectivity index (χ1) is 33.6. The maximum atomic E-state index is 14.2. The molecule has 30 nitrogen and oxygen atoms in total. The minimum Gasteiger partial charge on any atom is -0.455 e. The molecular weight excluding hydrogens is 1020 g/mol. The van der Waals surface area contributed by atoms with Crippen molar-refractivity contribution in [2.75, 3.05) is 42.9 Å². The van der Waals surface area contributed by atoms with Gasteiger partial charge < -0.3 is 65.4 Å². The van der Waals surface area contributed by atoms with Crippen LogP contribution in [0.4, 0.5) is 16.4 Å². The van der Waals surface area contributed by atoms with Crippen molar-refractivity contribution in [2.45, 2.75) is 140 Å². The number of aliphatic hydroxyl groups is 2. The maximum absolute atomic E-state index is 14.2. The molecule has 0 aliphatic carbocycles. The smallest absolute Gasteiger partial charge is 0.455 e. The van der Waals surface area contributed by atoms with Crippen molar-refractivity contribution in [3.05, 3.63) is 35.4 Å². The lowest BCUT2D eigenvalue weighted by Crippen LogP contribution is -2.50. The van der Waals surface area contributed by atoms with Gasteiger partial charge in [-0.3, -0.25) is 42.5 Å². The number of rotatable bonds is 21. The maximum Gasteiger partial charge on any atom is 0.472 e. The van der Waals surface area contributed by atoms with Crippen LogP contribution in [0.3, 0.4) is 0 Å². The molecule has 0 aromatic carbocycles. The molecule has 0 saturated carbocycles. The zero-order chi connectivity index (χ0) is 52.9. The number of aliphatic hydroxyl groups excluding tert-OH is 2. The second kappa shape index (κ2) is 23.4. The molecule has 3 aromatic heterocycles. The number of phosphoric ester groups is 2. The van der Waals surface area contributed by atoms with Gasteiger partial charge in [0.2, 0.25) is 12.3 Å². The van der Waals surface area contributed by atoms with Crippen LogP contribution in [-0.4, -0.2) is 168 Å². The fraction of sp³-hybridized carbons (Fsp3) is 0.692. The van der Waals surface area contributed by atoms with Gasteiger partial charge in [-0.25, -0.2) is 33.7 Å². The lowest BCUT2D eigenvalue weighted by Gasteiger charge is -2.29. The molecule has 6 heterocycles. The molecule has 0 spiro atoms. The fourth-order valence-electron chi connectivity index (χ4n) is 7.59. The summed E-state index contributed by atoms with van der Waals surface area (Å²) in [5.41, 5.74) is 9.25. The highest BCUT2D eigenvalue weighted by molar-refractivity contribution is 7.99. The summed E-state index contributed by atoms with van der Waals surface area (Å²) < 4.78 is 71.6. The van der Waals surface area contributed by atoms with Crippen molar-refractivity contribution in [1.82, 2.24) is 44.6 Å². The van der Waals surface area contributed by atoms with E-state index in [1.54, 1.807) is 41.5 Å². The van der Waals surface area contributed by atoms with E-state index in [4.69, 9.17) is 44.2 Å². The molecule has 11 N–H and O–H groups in total. The lowest BCUT2D eigenvalue weighted by molar-refractivity contribution is -0.193. The van der Waals surface area contributed by atoms with Crippen LogP contribution < -0.4 is 27.8 Å². The monoisotopic (exact) mass is 1080 g/mol. The predicted octanol–water partition coefficient (Wildman–Crippen LogP) is -0.0376. The van der Waals surface area contributed by atoms with Crippen LogP contribution in [0.15, 0.2) is 29.7 Å². The van der Waals surface area contributed by atoms with Crippen LogP contribution in [0.25, 0.3) is 11.2 Å². The molecule has 3 saturated heterocycles. The SMILES string of the molecule is CC(C)(C)OC(=O)N1CSC[C@H]1C(=O)NCCCC[C@H](NC(O)OC(C)(C)C)C(=O)O[C@@H]1C(COP(=O)(O)O[C@H]2C[C@H](n3ccc(N)nc3=O)O[C@@H]2COP(=O)(O)O)OC(n2cnc3c(N)ncnc32)[C@@H]1O. The number of ether oxygens (including phenoxy) is 5. The van der Waals surface area contributed by atoms with E-state index in [0.717, 1.165) is 10.9 Å². The number of carbonyl (C=O) groups is 3. The van der Waals surface area contributed by atoms with Crippen LogP contribution in [-0.2, 0) is 56.0 Å². The fourth-order valence-corrected chi connectivity index (χ4v) is 10.0. The summed E-state index contributed by atoms with van der Waals surface area (Å²) in [7, 11) is -10.4. The number of imidazole rings is 1. The largest absolute Gasteiger partial charge is 0.472 e. The number of carbonyl (C=O) groups excluding carboxylic acids is 3. The van der Waals surface area contributed by atoms with E-state index in [2.05, 4.69) is 35.1 Å². The summed E-state index contributed by atoms with van der Waals surface area (Å²) in [6, 6.07) is -0.845.